The average Bonchev–Trinajstić information content (AvgIpc) is 2.84. The van der Waals surface area contributed by atoms with Gasteiger partial charge in [0.1, 0.15) is 12.1 Å². The van der Waals surface area contributed by atoms with Crippen LogP contribution in [0.2, 0.25) is 0 Å². The van der Waals surface area contributed by atoms with Crippen LogP contribution in [0.4, 0.5) is 0 Å². The minimum Gasteiger partial charge on any atom is -0.357 e. The van der Waals surface area contributed by atoms with Crippen molar-refractivity contribution in [1.29, 1.82) is 0 Å². The fourth-order valence-corrected chi connectivity index (χ4v) is 3.76. The van der Waals surface area contributed by atoms with E-state index >= 15 is 0 Å². The van der Waals surface area contributed by atoms with Gasteiger partial charge >= 0.3 is 0 Å². The summed E-state index contributed by atoms with van der Waals surface area (Å²) in [6, 6.07) is 17.6. The number of hydrogen-bond acceptors (Lipinski definition) is 4. The van der Waals surface area contributed by atoms with Gasteiger partial charge in [-0.05, 0) is 37.5 Å². The van der Waals surface area contributed by atoms with E-state index in [2.05, 4.69) is 5.32 Å². The van der Waals surface area contributed by atoms with E-state index in [1.54, 1.807) is 27.2 Å². The molecule has 0 bridgehead atoms. The maximum atomic E-state index is 13.8. The van der Waals surface area contributed by atoms with Gasteiger partial charge < -0.3 is 20.9 Å². The molecule has 3 N–H and O–H groups in total. The standard InChI is InChI=1S/C28H38N4O3/c1-28(2,29)18-12-17-25(33)31(4)24(20-22-15-10-7-11-16-22)27(35)32(5)23(26(34)30-3)19-21-13-8-6-9-14-21/h6-17,23-24H,18-20,29H2,1-5H3,(H,30,34)/b17-12+. The van der Waals surface area contributed by atoms with Gasteiger partial charge in [-0.3, -0.25) is 14.4 Å². The van der Waals surface area contributed by atoms with Crippen LogP contribution in [0.1, 0.15) is 31.4 Å². The third-order valence-electron chi connectivity index (χ3n) is 5.91. The topological polar surface area (TPSA) is 95.7 Å². The smallest absolute Gasteiger partial charge is 0.246 e. The summed E-state index contributed by atoms with van der Waals surface area (Å²) in [5.41, 5.74) is 7.44. The van der Waals surface area contributed by atoms with Gasteiger partial charge in [0.2, 0.25) is 17.7 Å². The number of hydrogen-bond donors (Lipinski definition) is 2. The van der Waals surface area contributed by atoms with Crippen molar-refractivity contribution in [3.05, 3.63) is 83.9 Å². The van der Waals surface area contributed by atoms with E-state index in [-0.39, 0.29) is 17.7 Å². The van der Waals surface area contributed by atoms with Gasteiger partial charge in [-0.1, -0.05) is 66.7 Å². The molecular formula is C28H38N4O3. The van der Waals surface area contributed by atoms with Crippen molar-refractivity contribution in [3.63, 3.8) is 0 Å². The third-order valence-corrected chi connectivity index (χ3v) is 5.91. The van der Waals surface area contributed by atoms with Crippen LogP contribution in [0.25, 0.3) is 0 Å². The lowest BCUT2D eigenvalue weighted by atomic mass is 10.00. The van der Waals surface area contributed by atoms with E-state index in [4.69, 9.17) is 5.73 Å². The molecular weight excluding hydrogens is 440 g/mol. The van der Waals surface area contributed by atoms with Crippen LogP contribution >= 0.6 is 0 Å². The summed E-state index contributed by atoms with van der Waals surface area (Å²) in [5, 5.41) is 2.67. The van der Waals surface area contributed by atoms with Crippen LogP contribution in [0.5, 0.6) is 0 Å². The molecule has 2 aromatic carbocycles. The van der Waals surface area contributed by atoms with Crippen molar-refractivity contribution < 1.29 is 14.4 Å². The molecule has 2 aromatic rings. The first-order valence-electron chi connectivity index (χ1n) is 11.8. The summed E-state index contributed by atoms with van der Waals surface area (Å²) in [5.74, 6) is -0.861. The van der Waals surface area contributed by atoms with Crippen LogP contribution in [-0.2, 0) is 27.2 Å². The van der Waals surface area contributed by atoms with E-state index < -0.39 is 17.6 Å². The number of nitrogens with two attached hydrogens (primary N) is 1. The highest BCUT2D eigenvalue weighted by molar-refractivity contribution is 5.95. The molecule has 0 saturated heterocycles. The van der Waals surface area contributed by atoms with Crippen molar-refractivity contribution in [3.8, 4) is 0 Å². The predicted octanol–water partition coefficient (Wildman–Crippen LogP) is 2.56. The maximum absolute atomic E-state index is 13.8. The molecule has 2 unspecified atom stereocenters. The fraction of sp³-hybridized carbons (Fsp3) is 0.393. The molecule has 0 saturated carbocycles. The van der Waals surface area contributed by atoms with Crippen LogP contribution in [0.3, 0.4) is 0 Å². The summed E-state index contributed by atoms with van der Waals surface area (Å²) in [6.45, 7) is 3.77. The predicted molar refractivity (Wildman–Crippen MR) is 139 cm³/mol. The Morgan fingerprint density at radius 3 is 1.83 bits per heavy atom. The Hall–Kier alpha value is -3.45. The zero-order chi connectivity index (χ0) is 26.0. The summed E-state index contributed by atoms with van der Waals surface area (Å²) in [4.78, 5) is 42.4. The second kappa shape index (κ2) is 12.9. The Bertz CT molecular complexity index is 1000. The summed E-state index contributed by atoms with van der Waals surface area (Å²) < 4.78 is 0. The van der Waals surface area contributed by atoms with Gasteiger partial charge in [0.05, 0.1) is 0 Å². The second-order valence-corrected chi connectivity index (χ2v) is 9.52. The molecule has 0 spiro atoms. The Morgan fingerprint density at radius 1 is 0.886 bits per heavy atom. The molecule has 7 nitrogen and oxygen atoms in total. The Labute approximate surface area is 209 Å². The van der Waals surface area contributed by atoms with Crippen LogP contribution in [0, 0.1) is 0 Å². The van der Waals surface area contributed by atoms with Gasteiger partial charge in [0.15, 0.2) is 0 Å². The Kier molecular flexibility index (Phi) is 10.2. The molecule has 3 amide bonds. The van der Waals surface area contributed by atoms with Gasteiger partial charge in [0.25, 0.3) is 0 Å². The van der Waals surface area contributed by atoms with E-state index in [0.717, 1.165) is 11.1 Å². The highest BCUT2D eigenvalue weighted by Crippen LogP contribution is 2.16. The lowest BCUT2D eigenvalue weighted by Crippen LogP contribution is -2.55. The first-order chi connectivity index (χ1) is 16.5. The maximum Gasteiger partial charge on any atom is 0.246 e. The second-order valence-electron chi connectivity index (χ2n) is 9.52. The molecule has 0 fully saturated rings. The van der Waals surface area contributed by atoms with Crippen LogP contribution in [0.15, 0.2) is 72.8 Å². The number of benzene rings is 2. The quantitative estimate of drug-likeness (QED) is 0.485. The lowest BCUT2D eigenvalue weighted by Gasteiger charge is -2.34. The van der Waals surface area contributed by atoms with Crippen molar-refractivity contribution in [2.75, 3.05) is 21.1 Å². The van der Waals surface area contributed by atoms with Gasteiger partial charge in [-0.25, -0.2) is 0 Å². The van der Waals surface area contributed by atoms with Gasteiger partial charge in [-0.15, -0.1) is 0 Å². The first kappa shape index (κ1) is 27.8. The monoisotopic (exact) mass is 478 g/mol. The largest absolute Gasteiger partial charge is 0.357 e. The summed E-state index contributed by atoms with van der Waals surface area (Å²) in [6.07, 6.45) is 4.41. The number of rotatable bonds is 11. The van der Waals surface area contributed by atoms with Crippen LogP contribution < -0.4 is 11.1 Å². The number of nitrogens with one attached hydrogen (secondary N) is 1. The zero-order valence-electron chi connectivity index (χ0n) is 21.4. The molecule has 0 aliphatic heterocycles. The molecule has 0 aliphatic carbocycles. The molecule has 2 rings (SSSR count). The number of nitrogens with zero attached hydrogens (tertiary/aromatic N) is 2. The van der Waals surface area contributed by atoms with E-state index in [1.165, 1.54) is 15.9 Å². The number of likely N-dealkylation sites (N-methyl/N-ethyl adjacent to an activating group) is 3. The Morgan fingerprint density at radius 2 is 1.37 bits per heavy atom. The molecule has 2 atom stereocenters. The van der Waals surface area contributed by atoms with Crippen LogP contribution in [-0.4, -0.2) is 66.3 Å². The van der Waals surface area contributed by atoms with Crippen molar-refractivity contribution >= 4 is 17.7 Å². The normalized spacial score (nSPS) is 13.2. The fourth-order valence-electron chi connectivity index (χ4n) is 3.76. The first-order valence-corrected chi connectivity index (χ1v) is 11.8. The van der Waals surface area contributed by atoms with Crippen molar-refractivity contribution in [1.82, 2.24) is 15.1 Å². The Balaban J connectivity index is 2.32. The molecule has 0 radical (unpaired) electrons. The molecule has 0 heterocycles. The average molecular weight is 479 g/mol. The number of amides is 3. The number of carbonyl (C=O) groups excluding carboxylic acids is 3. The van der Waals surface area contributed by atoms with Crippen molar-refractivity contribution in [2.45, 2.75) is 50.7 Å². The SMILES string of the molecule is CNC(=O)C(Cc1ccccc1)N(C)C(=O)C(Cc1ccccc1)N(C)C(=O)/C=C/CC(C)(C)N. The van der Waals surface area contributed by atoms with Gasteiger partial charge in [-0.2, -0.15) is 0 Å². The molecule has 0 aliphatic rings. The highest BCUT2D eigenvalue weighted by atomic mass is 16.2. The lowest BCUT2D eigenvalue weighted by molar-refractivity contribution is -0.146. The zero-order valence-corrected chi connectivity index (χ0v) is 21.4. The van der Waals surface area contributed by atoms with E-state index in [9.17, 15) is 14.4 Å². The molecule has 35 heavy (non-hydrogen) atoms. The highest BCUT2D eigenvalue weighted by Gasteiger charge is 2.34. The van der Waals surface area contributed by atoms with E-state index in [0.29, 0.717) is 19.3 Å². The summed E-state index contributed by atoms with van der Waals surface area (Å²) >= 11 is 0. The summed E-state index contributed by atoms with van der Waals surface area (Å²) in [7, 11) is 4.79. The molecule has 0 aromatic heterocycles. The van der Waals surface area contributed by atoms with Gasteiger partial charge in [0, 0.05) is 39.5 Å². The van der Waals surface area contributed by atoms with E-state index in [1.807, 2.05) is 74.5 Å². The third kappa shape index (κ3) is 8.68. The number of carbonyl (C=O) groups is 3. The molecule has 7 heteroatoms. The minimum absolute atomic E-state index is 0.262. The minimum atomic E-state index is -0.784. The van der Waals surface area contributed by atoms with Crippen molar-refractivity contribution in [2.24, 2.45) is 5.73 Å². The molecule has 188 valence electrons.